The second-order valence-corrected chi connectivity index (χ2v) is 7.25. The standard InChI is InChI=1S/C17H18N2O5S/c1-23-14-7-9-16(10-8-14)25(21,22)18-11-15-12-19(17(20)24-15)13-5-3-2-4-6-13/h2-10,15,18H,11-12H2,1H3. The van der Waals surface area contributed by atoms with Gasteiger partial charge in [-0.05, 0) is 36.4 Å². The average Bonchev–Trinajstić information content (AvgIpc) is 3.02. The summed E-state index contributed by atoms with van der Waals surface area (Å²) in [7, 11) is -2.18. The van der Waals surface area contributed by atoms with Gasteiger partial charge in [0.15, 0.2) is 0 Å². The molecule has 0 spiro atoms. The fourth-order valence-electron chi connectivity index (χ4n) is 2.49. The largest absolute Gasteiger partial charge is 0.497 e. The van der Waals surface area contributed by atoms with Gasteiger partial charge in [-0.1, -0.05) is 18.2 Å². The molecule has 1 aliphatic heterocycles. The summed E-state index contributed by atoms with van der Waals surface area (Å²) in [5.41, 5.74) is 0.716. The molecule has 0 aromatic heterocycles. The fourth-order valence-corrected chi connectivity index (χ4v) is 3.55. The number of methoxy groups -OCH3 is 1. The van der Waals surface area contributed by atoms with Crippen molar-refractivity contribution in [2.45, 2.75) is 11.0 Å². The lowest BCUT2D eigenvalue weighted by molar-refractivity contribution is 0.143. The first-order valence-electron chi connectivity index (χ1n) is 7.66. The minimum atomic E-state index is -3.69. The Bertz CT molecular complexity index is 837. The summed E-state index contributed by atoms with van der Waals surface area (Å²) < 4.78 is 37.4. The number of amides is 1. The van der Waals surface area contributed by atoms with Crippen LogP contribution < -0.4 is 14.4 Å². The molecule has 1 atom stereocenters. The third kappa shape index (κ3) is 3.92. The van der Waals surface area contributed by atoms with Crippen LogP contribution in [-0.4, -0.2) is 40.8 Å². The van der Waals surface area contributed by atoms with E-state index in [1.807, 2.05) is 18.2 Å². The molecule has 3 rings (SSSR count). The van der Waals surface area contributed by atoms with Crippen LogP contribution in [0.4, 0.5) is 10.5 Å². The number of anilines is 1. The molecule has 1 fully saturated rings. The van der Waals surface area contributed by atoms with Crippen LogP contribution in [0, 0.1) is 0 Å². The Kier molecular flexibility index (Phi) is 4.91. The predicted molar refractivity (Wildman–Crippen MR) is 92.2 cm³/mol. The van der Waals surface area contributed by atoms with E-state index >= 15 is 0 Å². The van der Waals surface area contributed by atoms with Crippen LogP contribution >= 0.6 is 0 Å². The minimum absolute atomic E-state index is 0.00341. The van der Waals surface area contributed by atoms with Crippen molar-refractivity contribution >= 4 is 21.8 Å². The number of carbonyl (C=O) groups is 1. The normalized spacial score (nSPS) is 17.4. The number of para-hydroxylation sites is 1. The van der Waals surface area contributed by atoms with Gasteiger partial charge in [-0.2, -0.15) is 0 Å². The van der Waals surface area contributed by atoms with Gasteiger partial charge in [0.1, 0.15) is 11.9 Å². The second-order valence-electron chi connectivity index (χ2n) is 5.48. The van der Waals surface area contributed by atoms with Crippen molar-refractivity contribution in [1.82, 2.24) is 4.72 Å². The summed E-state index contributed by atoms with van der Waals surface area (Å²) in [6, 6.07) is 15.1. The zero-order valence-electron chi connectivity index (χ0n) is 13.6. The van der Waals surface area contributed by atoms with Crippen molar-refractivity contribution in [2.24, 2.45) is 0 Å². The molecule has 1 saturated heterocycles. The van der Waals surface area contributed by atoms with E-state index in [0.29, 0.717) is 11.4 Å². The van der Waals surface area contributed by atoms with Gasteiger partial charge in [-0.25, -0.2) is 17.9 Å². The lowest BCUT2D eigenvalue weighted by atomic mass is 10.3. The van der Waals surface area contributed by atoms with Gasteiger partial charge in [0.05, 0.1) is 18.6 Å². The van der Waals surface area contributed by atoms with Crippen molar-refractivity contribution < 1.29 is 22.7 Å². The van der Waals surface area contributed by atoms with Crippen molar-refractivity contribution in [1.29, 1.82) is 0 Å². The van der Waals surface area contributed by atoms with Crippen LogP contribution in [-0.2, 0) is 14.8 Å². The van der Waals surface area contributed by atoms with Crippen LogP contribution in [0.15, 0.2) is 59.5 Å². The molecule has 0 bridgehead atoms. The third-order valence-electron chi connectivity index (χ3n) is 3.81. The first kappa shape index (κ1) is 17.2. The van der Waals surface area contributed by atoms with E-state index in [0.717, 1.165) is 0 Å². The highest BCUT2D eigenvalue weighted by molar-refractivity contribution is 7.89. The molecule has 8 heteroatoms. The van der Waals surface area contributed by atoms with Crippen molar-refractivity contribution in [3.05, 3.63) is 54.6 Å². The number of hydrogen-bond donors (Lipinski definition) is 1. The SMILES string of the molecule is COc1ccc(S(=O)(=O)NCC2CN(c3ccccc3)C(=O)O2)cc1. The van der Waals surface area contributed by atoms with Crippen LogP contribution in [0.3, 0.4) is 0 Å². The van der Waals surface area contributed by atoms with Crippen molar-refractivity contribution in [3.8, 4) is 5.75 Å². The van der Waals surface area contributed by atoms with E-state index in [-0.39, 0.29) is 18.0 Å². The van der Waals surface area contributed by atoms with Crippen molar-refractivity contribution in [2.75, 3.05) is 25.1 Å². The molecular formula is C17H18N2O5S. The van der Waals surface area contributed by atoms with Crippen LogP contribution in [0.5, 0.6) is 5.75 Å². The fraction of sp³-hybridized carbons (Fsp3) is 0.235. The molecule has 1 N–H and O–H groups in total. The number of ether oxygens (including phenoxy) is 2. The topological polar surface area (TPSA) is 84.9 Å². The highest BCUT2D eigenvalue weighted by Crippen LogP contribution is 2.21. The van der Waals surface area contributed by atoms with Gasteiger partial charge in [0, 0.05) is 12.2 Å². The van der Waals surface area contributed by atoms with Gasteiger partial charge < -0.3 is 9.47 Å². The Morgan fingerprint density at radius 2 is 1.84 bits per heavy atom. The highest BCUT2D eigenvalue weighted by atomic mass is 32.2. The average molecular weight is 362 g/mol. The number of nitrogens with one attached hydrogen (secondary N) is 1. The molecule has 2 aromatic rings. The monoisotopic (exact) mass is 362 g/mol. The molecule has 1 unspecified atom stereocenters. The van der Waals surface area contributed by atoms with Gasteiger partial charge in [-0.15, -0.1) is 0 Å². The molecule has 0 radical (unpaired) electrons. The number of benzene rings is 2. The Balaban J connectivity index is 1.62. The summed E-state index contributed by atoms with van der Waals surface area (Å²) in [6.45, 7) is 0.289. The lowest BCUT2D eigenvalue weighted by Gasteiger charge is -2.13. The summed E-state index contributed by atoms with van der Waals surface area (Å²) in [6.07, 6.45) is -1.04. The smallest absolute Gasteiger partial charge is 0.414 e. The molecule has 25 heavy (non-hydrogen) atoms. The molecule has 2 aromatic carbocycles. The summed E-state index contributed by atoms with van der Waals surface area (Å²) in [5, 5.41) is 0. The molecule has 7 nitrogen and oxygen atoms in total. The number of sulfonamides is 1. The second kappa shape index (κ2) is 7.12. The van der Waals surface area contributed by atoms with E-state index in [2.05, 4.69) is 4.72 Å². The zero-order valence-corrected chi connectivity index (χ0v) is 14.4. The van der Waals surface area contributed by atoms with Gasteiger partial charge >= 0.3 is 6.09 Å². The quantitative estimate of drug-likeness (QED) is 0.850. The molecule has 0 saturated carbocycles. The van der Waals surface area contributed by atoms with Crippen LogP contribution in [0.2, 0.25) is 0 Å². The molecular weight excluding hydrogens is 344 g/mol. The Labute approximate surface area is 146 Å². The van der Waals surface area contributed by atoms with Crippen molar-refractivity contribution in [3.63, 3.8) is 0 Å². The maximum atomic E-state index is 12.3. The van der Waals surface area contributed by atoms with Crippen LogP contribution in [0.25, 0.3) is 0 Å². The minimum Gasteiger partial charge on any atom is -0.497 e. The number of hydrogen-bond acceptors (Lipinski definition) is 5. The van der Waals surface area contributed by atoms with Gasteiger partial charge in [0.25, 0.3) is 0 Å². The molecule has 1 amide bonds. The molecule has 132 valence electrons. The first-order chi connectivity index (χ1) is 12.0. The number of carbonyl (C=O) groups excluding carboxylic acids is 1. The summed E-state index contributed by atoms with van der Waals surface area (Å²) in [5.74, 6) is 0.571. The third-order valence-corrected chi connectivity index (χ3v) is 5.25. The first-order valence-corrected chi connectivity index (χ1v) is 9.15. The zero-order chi connectivity index (χ0) is 17.9. The molecule has 0 aliphatic carbocycles. The highest BCUT2D eigenvalue weighted by Gasteiger charge is 2.33. The Morgan fingerprint density at radius 3 is 2.48 bits per heavy atom. The van der Waals surface area contributed by atoms with Gasteiger partial charge in [-0.3, -0.25) is 4.90 Å². The molecule has 1 aliphatic rings. The van der Waals surface area contributed by atoms with Gasteiger partial charge in [0.2, 0.25) is 10.0 Å². The Hall–Kier alpha value is -2.58. The maximum absolute atomic E-state index is 12.3. The van der Waals surface area contributed by atoms with E-state index < -0.39 is 22.2 Å². The number of nitrogens with zero attached hydrogens (tertiary/aromatic N) is 1. The van der Waals surface area contributed by atoms with E-state index in [1.54, 1.807) is 24.3 Å². The predicted octanol–water partition coefficient (Wildman–Crippen LogP) is 2.00. The van der Waals surface area contributed by atoms with E-state index in [4.69, 9.17) is 9.47 Å². The lowest BCUT2D eigenvalue weighted by Crippen LogP contribution is -2.34. The maximum Gasteiger partial charge on any atom is 0.414 e. The van der Waals surface area contributed by atoms with Crippen LogP contribution in [0.1, 0.15) is 0 Å². The Morgan fingerprint density at radius 1 is 1.16 bits per heavy atom. The van der Waals surface area contributed by atoms with E-state index in [1.165, 1.54) is 24.1 Å². The number of rotatable bonds is 6. The van der Waals surface area contributed by atoms with E-state index in [9.17, 15) is 13.2 Å². The summed E-state index contributed by atoms with van der Waals surface area (Å²) >= 11 is 0. The molecule has 1 heterocycles. The summed E-state index contributed by atoms with van der Waals surface area (Å²) in [4.78, 5) is 13.6. The number of cyclic esters (lactones) is 1.